The van der Waals surface area contributed by atoms with E-state index in [0.29, 0.717) is 0 Å². The number of nitrogens with one attached hydrogen (secondary N) is 3. The summed E-state index contributed by atoms with van der Waals surface area (Å²) in [7, 11) is -4.05. The molecule has 0 spiro atoms. The van der Waals surface area contributed by atoms with E-state index in [-0.39, 0.29) is 15.7 Å². The maximum absolute atomic E-state index is 11.4. The molecular formula is C17H21N5O4S2. The second kappa shape index (κ2) is 9.44. The van der Waals surface area contributed by atoms with Crippen LogP contribution in [0.4, 0.5) is 17.1 Å². The predicted octanol–water partition coefficient (Wildman–Crippen LogP) is 2.90. The zero-order valence-corrected chi connectivity index (χ0v) is 16.8. The standard InChI is InChI=1S/C17H21N5O4S2/c1-2-3-4-12-5-7-13(8-6-12)19-17(27)21-20-15-10-9-14(28(18,25)26)11-16(15)22(23)24/h5-11,20H,2-4H2,1H3,(H2,18,25,26)(H2,19,21,27). The van der Waals surface area contributed by atoms with Gasteiger partial charge < -0.3 is 5.32 Å². The van der Waals surface area contributed by atoms with Crippen LogP contribution in [-0.4, -0.2) is 18.5 Å². The molecule has 0 radical (unpaired) electrons. The maximum atomic E-state index is 11.4. The Balaban J connectivity index is 2.01. The van der Waals surface area contributed by atoms with Crippen molar-refractivity contribution in [1.82, 2.24) is 5.43 Å². The van der Waals surface area contributed by atoms with Gasteiger partial charge >= 0.3 is 0 Å². The molecule has 0 aromatic heterocycles. The number of nitro groups is 1. The first kappa shape index (κ1) is 21.5. The molecule has 2 rings (SSSR count). The minimum Gasteiger partial charge on any atom is -0.331 e. The lowest BCUT2D eigenvalue weighted by atomic mass is 10.1. The Hall–Kier alpha value is -2.76. The summed E-state index contributed by atoms with van der Waals surface area (Å²) in [6, 6.07) is 11.1. The lowest BCUT2D eigenvalue weighted by molar-refractivity contribution is -0.384. The SMILES string of the molecule is CCCCc1ccc(NC(=S)NNc2ccc(S(N)(=O)=O)cc2[N+](=O)[O-])cc1. The van der Waals surface area contributed by atoms with Crippen LogP contribution >= 0.6 is 12.2 Å². The van der Waals surface area contributed by atoms with E-state index in [1.54, 1.807) is 0 Å². The average molecular weight is 424 g/mol. The number of anilines is 2. The number of benzene rings is 2. The Bertz CT molecular complexity index is 962. The summed E-state index contributed by atoms with van der Waals surface area (Å²) in [6.45, 7) is 2.14. The number of aryl methyl sites for hydroxylation is 1. The molecule has 0 amide bonds. The topological polar surface area (TPSA) is 139 Å². The molecule has 0 bridgehead atoms. The maximum Gasteiger partial charge on any atom is 0.295 e. The van der Waals surface area contributed by atoms with Crippen LogP contribution in [0.1, 0.15) is 25.3 Å². The number of hydrogen-bond acceptors (Lipinski definition) is 6. The lowest BCUT2D eigenvalue weighted by Crippen LogP contribution is -2.33. The summed E-state index contributed by atoms with van der Waals surface area (Å²) in [6.07, 6.45) is 3.27. The minimum atomic E-state index is -4.05. The van der Waals surface area contributed by atoms with Crippen molar-refractivity contribution in [3.63, 3.8) is 0 Å². The number of unbranched alkanes of at least 4 members (excludes halogenated alkanes) is 1. The number of hydrazine groups is 1. The highest BCUT2D eigenvalue weighted by molar-refractivity contribution is 7.89. The normalized spacial score (nSPS) is 10.9. The van der Waals surface area contributed by atoms with Crippen LogP contribution in [0.3, 0.4) is 0 Å². The van der Waals surface area contributed by atoms with E-state index in [4.69, 9.17) is 17.4 Å². The second-order valence-electron chi connectivity index (χ2n) is 5.99. The molecule has 0 saturated carbocycles. The van der Waals surface area contributed by atoms with Gasteiger partial charge in [-0.3, -0.25) is 21.0 Å². The smallest absolute Gasteiger partial charge is 0.295 e. The zero-order chi connectivity index (χ0) is 20.7. The van der Waals surface area contributed by atoms with Crippen molar-refractivity contribution in [1.29, 1.82) is 0 Å². The number of hydrogen-bond donors (Lipinski definition) is 4. The van der Waals surface area contributed by atoms with Crippen molar-refractivity contribution in [3.05, 3.63) is 58.1 Å². The molecule has 0 atom stereocenters. The predicted molar refractivity (Wildman–Crippen MR) is 113 cm³/mol. The van der Waals surface area contributed by atoms with Gasteiger partial charge in [-0.15, -0.1) is 0 Å². The summed E-state index contributed by atoms with van der Waals surface area (Å²) in [5.41, 5.74) is 6.81. The number of nitro benzene ring substituents is 1. The molecule has 0 heterocycles. The molecule has 28 heavy (non-hydrogen) atoms. The number of primary sulfonamides is 1. The summed E-state index contributed by atoms with van der Waals surface area (Å²) in [5.74, 6) is 0. The third kappa shape index (κ3) is 6.15. The largest absolute Gasteiger partial charge is 0.331 e. The van der Waals surface area contributed by atoms with Crippen LogP contribution in [0.15, 0.2) is 47.4 Å². The summed E-state index contributed by atoms with van der Waals surface area (Å²) in [5, 5.41) is 19.3. The Kier molecular flexibility index (Phi) is 7.26. The van der Waals surface area contributed by atoms with Crippen molar-refractivity contribution < 1.29 is 13.3 Å². The van der Waals surface area contributed by atoms with Gasteiger partial charge in [0.25, 0.3) is 5.69 Å². The van der Waals surface area contributed by atoms with Crippen molar-refractivity contribution in [3.8, 4) is 0 Å². The van der Waals surface area contributed by atoms with Crippen LogP contribution < -0.4 is 21.3 Å². The minimum absolute atomic E-state index is 0.0384. The monoisotopic (exact) mass is 423 g/mol. The number of thiocarbonyl (C=S) groups is 1. The molecule has 0 aliphatic heterocycles. The molecule has 0 aliphatic rings. The average Bonchev–Trinajstić information content (AvgIpc) is 2.65. The van der Waals surface area contributed by atoms with Crippen molar-refractivity contribution >= 4 is 44.4 Å². The molecule has 5 N–H and O–H groups in total. The second-order valence-corrected chi connectivity index (χ2v) is 7.96. The van der Waals surface area contributed by atoms with E-state index in [9.17, 15) is 18.5 Å². The Morgan fingerprint density at radius 2 is 1.89 bits per heavy atom. The highest BCUT2D eigenvalue weighted by Crippen LogP contribution is 2.26. The van der Waals surface area contributed by atoms with Crippen LogP contribution in [-0.2, 0) is 16.4 Å². The first-order valence-electron chi connectivity index (χ1n) is 8.44. The van der Waals surface area contributed by atoms with Gasteiger partial charge in [-0.25, -0.2) is 13.6 Å². The third-order valence-corrected chi connectivity index (χ3v) is 4.95. The van der Waals surface area contributed by atoms with Gasteiger partial charge in [-0.2, -0.15) is 0 Å². The van der Waals surface area contributed by atoms with Gasteiger partial charge in [0.2, 0.25) is 10.0 Å². The van der Waals surface area contributed by atoms with E-state index in [1.807, 2.05) is 24.3 Å². The summed E-state index contributed by atoms with van der Waals surface area (Å²) >= 11 is 5.16. The van der Waals surface area contributed by atoms with Crippen LogP contribution in [0.5, 0.6) is 0 Å². The molecule has 150 valence electrons. The van der Waals surface area contributed by atoms with Gasteiger partial charge in [0.1, 0.15) is 5.69 Å². The van der Waals surface area contributed by atoms with Crippen LogP contribution in [0.25, 0.3) is 0 Å². The molecule has 0 fully saturated rings. The lowest BCUT2D eigenvalue weighted by Gasteiger charge is -2.13. The summed E-state index contributed by atoms with van der Waals surface area (Å²) in [4.78, 5) is 10.1. The molecule has 11 heteroatoms. The van der Waals surface area contributed by atoms with Crippen molar-refractivity contribution in [2.24, 2.45) is 5.14 Å². The Morgan fingerprint density at radius 1 is 1.21 bits per heavy atom. The number of rotatable bonds is 8. The fourth-order valence-electron chi connectivity index (χ4n) is 2.37. The van der Waals surface area contributed by atoms with E-state index in [1.165, 1.54) is 11.6 Å². The highest BCUT2D eigenvalue weighted by atomic mass is 32.2. The van der Waals surface area contributed by atoms with Gasteiger partial charge in [0, 0.05) is 11.8 Å². The van der Waals surface area contributed by atoms with E-state index >= 15 is 0 Å². The van der Waals surface area contributed by atoms with Gasteiger partial charge in [-0.1, -0.05) is 25.5 Å². The van der Waals surface area contributed by atoms with E-state index < -0.39 is 20.6 Å². The molecule has 0 saturated heterocycles. The molecule has 0 unspecified atom stereocenters. The highest BCUT2D eigenvalue weighted by Gasteiger charge is 2.19. The molecule has 2 aromatic rings. The number of nitrogens with zero attached hydrogens (tertiary/aromatic N) is 1. The van der Waals surface area contributed by atoms with Gasteiger partial charge in [0.05, 0.1) is 9.82 Å². The Labute approximate surface area is 168 Å². The first-order valence-corrected chi connectivity index (χ1v) is 10.4. The third-order valence-electron chi connectivity index (χ3n) is 3.84. The number of sulfonamides is 1. The summed E-state index contributed by atoms with van der Waals surface area (Å²) < 4.78 is 22.7. The first-order chi connectivity index (χ1) is 13.2. The van der Waals surface area contributed by atoms with Crippen molar-refractivity contribution in [2.75, 3.05) is 10.7 Å². The van der Waals surface area contributed by atoms with Crippen LogP contribution in [0, 0.1) is 10.1 Å². The van der Waals surface area contributed by atoms with Gasteiger partial charge in [-0.05, 0) is 54.9 Å². The molecule has 2 aromatic carbocycles. The van der Waals surface area contributed by atoms with Crippen LogP contribution in [0.2, 0.25) is 0 Å². The zero-order valence-electron chi connectivity index (χ0n) is 15.1. The number of nitrogens with two attached hydrogens (primary N) is 1. The van der Waals surface area contributed by atoms with E-state index in [0.717, 1.165) is 37.1 Å². The molecule has 0 aliphatic carbocycles. The van der Waals surface area contributed by atoms with E-state index in [2.05, 4.69) is 23.1 Å². The fraction of sp³-hybridized carbons (Fsp3) is 0.235. The molecule has 9 nitrogen and oxygen atoms in total. The quantitative estimate of drug-likeness (QED) is 0.289. The fourth-order valence-corrected chi connectivity index (χ4v) is 3.07. The Morgan fingerprint density at radius 3 is 2.46 bits per heavy atom. The van der Waals surface area contributed by atoms with Gasteiger partial charge in [0.15, 0.2) is 5.11 Å². The van der Waals surface area contributed by atoms with Crippen molar-refractivity contribution in [2.45, 2.75) is 31.1 Å². The molecular weight excluding hydrogens is 402 g/mol.